The first-order valence-corrected chi connectivity index (χ1v) is 4.76. The minimum atomic E-state index is -0.182. The van der Waals surface area contributed by atoms with Crippen LogP contribution in [0, 0.1) is 0 Å². The van der Waals surface area contributed by atoms with Gasteiger partial charge in [-0.1, -0.05) is 20.3 Å². The van der Waals surface area contributed by atoms with Crippen LogP contribution < -0.4 is 0 Å². The third kappa shape index (κ3) is 24.7. The molecular weight excluding hydrogens is 168 g/mol. The van der Waals surface area contributed by atoms with Gasteiger partial charge in [-0.3, -0.25) is 4.79 Å². The number of unbranched alkanes of at least 4 members (excludes halogenated alkanes) is 2. The van der Waals surface area contributed by atoms with Crippen LogP contribution in [-0.4, -0.2) is 18.9 Å². The summed E-state index contributed by atoms with van der Waals surface area (Å²) in [5.74, 6) is -0.182. The number of hydrogen-bond acceptors (Lipinski definition) is 3. The Morgan fingerprint density at radius 3 is 2.15 bits per heavy atom. The number of hydrogen-bond donors (Lipinski definition) is 0. The van der Waals surface area contributed by atoms with Gasteiger partial charge < -0.3 is 9.53 Å². The molecule has 0 fully saturated rings. The van der Waals surface area contributed by atoms with Crippen molar-refractivity contribution in [2.75, 3.05) is 6.61 Å². The first kappa shape index (κ1) is 14.7. The van der Waals surface area contributed by atoms with Crippen molar-refractivity contribution < 1.29 is 14.3 Å². The van der Waals surface area contributed by atoms with Crippen molar-refractivity contribution in [1.29, 1.82) is 0 Å². The van der Waals surface area contributed by atoms with E-state index in [4.69, 9.17) is 0 Å². The predicted octanol–water partition coefficient (Wildman–Crippen LogP) is 2.33. The highest BCUT2D eigenvalue weighted by Crippen LogP contribution is 1.86. The number of carbonyl (C=O) groups is 2. The molecule has 0 aliphatic rings. The molecule has 0 aliphatic carbocycles. The molecule has 0 aromatic heterocycles. The van der Waals surface area contributed by atoms with Crippen molar-refractivity contribution in [2.24, 2.45) is 0 Å². The number of ether oxygens (including phenoxy) is 1. The highest BCUT2D eigenvalue weighted by molar-refractivity contribution is 5.65. The van der Waals surface area contributed by atoms with Crippen molar-refractivity contribution in [3.8, 4) is 0 Å². The van der Waals surface area contributed by atoms with E-state index in [1.54, 1.807) is 0 Å². The average Bonchev–Trinajstić information content (AvgIpc) is 2.07. The standard InChI is InChI=1S/C6H12O2.C4H8O/c1-3-4-5-8-6(2)7;1-2-3-4-5/h3-5H2,1-2H3;4H,2-3H2,1H3. The van der Waals surface area contributed by atoms with Gasteiger partial charge >= 0.3 is 5.97 Å². The van der Waals surface area contributed by atoms with E-state index in [-0.39, 0.29) is 5.97 Å². The molecule has 0 rings (SSSR count). The number of carbonyl (C=O) groups excluding carboxylic acids is 2. The Morgan fingerprint density at radius 2 is 1.92 bits per heavy atom. The second-order valence-corrected chi connectivity index (χ2v) is 2.65. The Morgan fingerprint density at radius 1 is 1.31 bits per heavy atom. The first-order valence-electron chi connectivity index (χ1n) is 4.76. The SMILES string of the molecule is CCCC=O.CCCCOC(C)=O. The molecule has 0 radical (unpaired) electrons. The van der Waals surface area contributed by atoms with Crippen LogP contribution in [0.4, 0.5) is 0 Å². The van der Waals surface area contributed by atoms with E-state index >= 15 is 0 Å². The van der Waals surface area contributed by atoms with Gasteiger partial charge in [-0.2, -0.15) is 0 Å². The average molecular weight is 188 g/mol. The first-order chi connectivity index (χ1) is 6.18. The van der Waals surface area contributed by atoms with Crippen LogP contribution in [0.5, 0.6) is 0 Å². The Labute approximate surface area is 80.5 Å². The summed E-state index contributed by atoms with van der Waals surface area (Å²) in [6.45, 7) is 6.04. The van der Waals surface area contributed by atoms with Gasteiger partial charge in [-0.05, 0) is 12.8 Å². The van der Waals surface area contributed by atoms with Gasteiger partial charge in [0.15, 0.2) is 0 Å². The van der Waals surface area contributed by atoms with E-state index < -0.39 is 0 Å². The molecule has 0 heterocycles. The molecule has 0 N–H and O–H groups in total. The van der Waals surface area contributed by atoms with Crippen molar-refractivity contribution in [3.63, 3.8) is 0 Å². The van der Waals surface area contributed by atoms with E-state index in [2.05, 4.69) is 11.7 Å². The summed E-state index contributed by atoms with van der Waals surface area (Å²) in [6, 6.07) is 0. The van der Waals surface area contributed by atoms with Gasteiger partial charge in [-0.15, -0.1) is 0 Å². The molecule has 0 aromatic carbocycles. The second-order valence-electron chi connectivity index (χ2n) is 2.65. The highest BCUT2D eigenvalue weighted by Gasteiger charge is 1.88. The molecule has 78 valence electrons. The van der Waals surface area contributed by atoms with Crippen LogP contribution in [0.3, 0.4) is 0 Å². The summed E-state index contributed by atoms with van der Waals surface area (Å²) < 4.78 is 4.64. The van der Waals surface area contributed by atoms with E-state index in [1.807, 2.05) is 6.92 Å². The van der Waals surface area contributed by atoms with Gasteiger partial charge in [-0.25, -0.2) is 0 Å². The highest BCUT2D eigenvalue weighted by atomic mass is 16.5. The molecule has 3 heteroatoms. The third-order valence-electron chi connectivity index (χ3n) is 1.21. The monoisotopic (exact) mass is 188 g/mol. The summed E-state index contributed by atoms with van der Waals surface area (Å²) in [5.41, 5.74) is 0. The minimum absolute atomic E-state index is 0.182. The van der Waals surface area contributed by atoms with E-state index in [1.165, 1.54) is 6.92 Å². The van der Waals surface area contributed by atoms with Gasteiger partial charge in [0.1, 0.15) is 6.29 Å². The van der Waals surface area contributed by atoms with Gasteiger partial charge in [0.05, 0.1) is 6.61 Å². The van der Waals surface area contributed by atoms with Crippen molar-refractivity contribution in [3.05, 3.63) is 0 Å². The van der Waals surface area contributed by atoms with E-state index in [9.17, 15) is 9.59 Å². The van der Waals surface area contributed by atoms with E-state index in [0.29, 0.717) is 13.0 Å². The van der Waals surface area contributed by atoms with Crippen molar-refractivity contribution >= 4 is 12.3 Å². The maximum Gasteiger partial charge on any atom is 0.302 e. The maximum absolute atomic E-state index is 10.1. The largest absolute Gasteiger partial charge is 0.466 e. The Kier molecular flexibility index (Phi) is 15.5. The smallest absolute Gasteiger partial charge is 0.302 e. The number of rotatable bonds is 5. The molecule has 0 unspecified atom stereocenters. The zero-order chi connectivity index (χ0) is 10.5. The topological polar surface area (TPSA) is 43.4 Å². The molecule has 0 saturated carbocycles. The van der Waals surface area contributed by atoms with Gasteiger partial charge in [0.2, 0.25) is 0 Å². The summed E-state index contributed by atoms with van der Waals surface area (Å²) in [7, 11) is 0. The summed E-state index contributed by atoms with van der Waals surface area (Å²) >= 11 is 0. The molecule has 0 spiro atoms. The normalized spacial score (nSPS) is 8.23. The Bertz CT molecular complexity index is 121. The molecule has 0 amide bonds. The lowest BCUT2D eigenvalue weighted by atomic mass is 10.4. The number of esters is 1. The van der Waals surface area contributed by atoms with Crippen LogP contribution in [0.2, 0.25) is 0 Å². The molecule has 0 aromatic rings. The molecule has 13 heavy (non-hydrogen) atoms. The zero-order valence-corrected chi connectivity index (χ0v) is 8.84. The Balaban J connectivity index is 0. The lowest BCUT2D eigenvalue weighted by Crippen LogP contribution is -1.99. The van der Waals surface area contributed by atoms with Gasteiger partial charge in [0, 0.05) is 13.3 Å². The number of aldehydes is 1. The lowest BCUT2D eigenvalue weighted by Gasteiger charge is -1.96. The molecule has 0 aliphatic heterocycles. The molecular formula is C10H20O3. The summed E-state index contributed by atoms with van der Waals surface area (Å²) in [6.07, 6.45) is 4.66. The van der Waals surface area contributed by atoms with Crippen LogP contribution in [0.15, 0.2) is 0 Å². The van der Waals surface area contributed by atoms with Crippen molar-refractivity contribution in [1.82, 2.24) is 0 Å². The minimum Gasteiger partial charge on any atom is -0.466 e. The van der Waals surface area contributed by atoms with Gasteiger partial charge in [0.25, 0.3) is 0 Å². The zero-order valence-electron chi connectivity index (χ0n) is 8.84. The fourth-order valence-corrected chi connectivity index (χ4v) is 0.478. The van der Waals surface area contributed by atoms with Crippen LogP contribution >= 0.6 is 0 Å². The molecule has 0 bridgehead atoms. The summed E-state index contributed by atoms with van der Waals surface area (Å²) in [5, 5.41) is 0. The molecule has 3 nitrogen and oxygen atoms in total. The Hall–Kier alpha value is -0.860. The van der Waals surface area contributed by atoms with E-state index in [0.717, 1.165) is 25.5 Å². The fraction of sp³-hybridized carbons (Fsp3) is 0.800. The predicted molar refractivity (Wildman–Crippen MR) is 52.5 cm³/mol. The third-order valence-corrected chi connectivity index (χ3v) is 1.21. The van der Waals surface area contributed by atoms with Crippen LogP contribution in [0.25, 0.3) is 0 Å². The van der Waals surface area contributed by atoms with Crippen LogP contribution in [0.1, 0.15) is 46.5 Å². The molecule has 0 atom stereocenters. The second kappa shape index (κ2) is 13.7. The fourth-order valence-electron chi connectivity index (χ4n) is 0.478. The summed E-state index contributed by atoms with van der Waals surface area (Å²) in [4.78, 5) is 19.5. The quantitative estimate of drug-likeness (QED) is 0.378. The molecule has 0 saturated heterocycles. The maximum atomic E-state index is 10.1. The lowest BCUT2D eigenvalue weighted by molar-refractivity contribution is -0.141. The van der Waals surface area contributed by atoms with Crippen molar-refractivity contribution in [2.45, 2.75) is 46.5 Å². The van der Waals surface area contributed by atoms with Crippen LogP contribution in [-0.2, 0) is 14.3 Å².